The Morgan fingerprint density at radius 3 is 2.42 bits per heavy atom. The molecule has 0 spiro atoms. The largest absolute Gasteiger partial charge is 0.492 e. The van der Waals surface area contributed by atoms with Crippen molar-refractivity contribution in [3.63, 3.8) is 0 Å². The maximum absolute atomic E-state index is 12.6. The molecule has 1 fully saturated rings. The lowest BCUT2D eigenvalue weighted by atomic mass is 10.2. The first-order valence-corrected chi connectivity index (χ1v) is 12.1. The minimum Gasteiger partial charge on any atom is -0.492 e. The number of ether oxygens (including phenoxy) is 1. The summed E-state index contributed by atoms with van der Waals surface area (Å²) < 4.78 is 5.55. The number of nitrogens with one attached hydrogen (secondary N) is 3. The predicted molar refractivity (Wildman–Crippen MR) is 143 cm³/mol. The van der Waals surface area contributed by atoms with Gasteiger partial charge in [0.25, 0.3) is 0 Å². The molecule has 0 bridgehead atoms. The van der Waals surface area contributed by atoms with Crippen LogP contribution >= 0.6 is 11.6 Å². The fourth-order valence-corrected chi connectivity index (χ4v) is 4.07. The second kappa shape index (κ2) is 11.6. The fourth-order valence-electron chi connectivity index (χ4n) is 3.90. The summed E-state index contributed by atoms with van der Waals surface area (Å²) in [4.78, 5) is 33.2. The van der Waals surface area contributed by atoms with Crippen molar-refractivity contribution in [1.82, 2.24) is 9.88 Å². The van der Waals surface area contributed by atoms with Crippen LogP contribution in [-0.4, -0.2) is 54.7 Å². The molecule has 4 rings (SSSR count). The molecule has 0 atom stereocenters. The molecule has 3 aromatic rings. The smallest absolute Gasteiger partial charge is 0.323 e. The number of urea groups is 2. The number of carbonyl (C=O) groups is 2. The van der Waals surface area contributed by atoms with Crippen LogP contribution in [0.3, 0.4) is 0 Å². The van der Waals surface area contributed by atoms with Gasteiger partial charge in [-0.3, -0.25) is 4.98 Å². The third-order valence-corrected chi connectivity index (χ3v) is 6.04. The number of aromatic nitrogens is 1. The molecular weight excluding hydrogens is 480 g/mol. The Hall–Kier alpha value is -3.98. The van der Waals surface area contributed by atoms with Crippen molar-refractivity contribution < 1.29 is 14.3 Å². The van der Waals surface area contributed by atoms with Gasteiger partial charge in [-0.25, -0.2) is 9.59 Å². The van der Waals surface area contributed by atoms with Crippen LogP contribution in [0.4, 0.5) is 32.3 Å². The van der Waals surface area contributed by atoms with E-state index in [9.17, 15) is 9.59 Å². The van der Waals surface area contributed by atoms with Crippen molar-refractivity contribution in [2.75, 3.05) is 53.6 Å². The summed E-state index contributed by atoms with van der Waals surface area (Å²) in [6.07, 6.45) is 3.39. The van der Waals surface area contributed by atoms with Crippen molar-refractivity contribution >= 4 is 46.4 Å². The lowest BCUT2D eigenvalue weighted by Gasteiger charge is -2.36. The third kappa shape index (κ3) is 6.37. The summed E-state index contributed by atoms with van der Waals surface area (Å²) in [5.41, 5.74) is 3.88. The van der Waals surface area contributed by atoms with Gasteiger partial charge in [-0.2, -0.15) is 0 Å². The molecule has 1 aliphatic heterocycles. The van der Waals surface area contributed by atoms with E-state index in [0.717, 1.165) is 16.9 Å². The van der Waals surface area contributed by atoms with E-state index in [2.05, 4.69) is 25.8 Å². The summed E-state index contributed by atoms with van der Waals surface area (Å²) in [5, 5.41) is 9.07. The second-order valence-electron chi connectivity index (χ2n) is 8.29. The molecule has 1 saturated heterocycles. The van der Waals surface area contributed by atoms with E-state index < -0.39 is 6.03 Å². The van der Waals surface area contributed by atoms with Crippen LogP contribution in [0.25, 0.3) is 0 Å². The number of hydrogen-bond donors (Lipinski definition) is 3. The third-order valence-electron chi connectivity index (χ3n) is 5.81. The molecule has 0 aliphatic carbocycles. The van der Waals surface area contributed by atoms with Gasteiger partial charge in [0.15, 0.2) is 0 Å². The van der Waals surface area contributed by atoms with Crippen molar-refractivity contribution in [3.05, 3.63) is 71.5 Å². The van der Waals surface area contributed by atoms with Gasteiger partial charge in [-0.15, -0.1) is 0 Å². The quantitative estimate of drug-likeness (QED) is 0.412. The number of rotatable bonds is 6. The van der Waals surface area contributed by atoms with Crippen LogP contribution in [0.2, 0.25) is 5.02 Å². The number of anilines is 4. The van der Waals surface area contributed by atoms with Gasteiger partial charge in [-0.05, 0) is 67.9 Å². The topological polar surface area (TPSA) is 98.8 Å². The zero-order valence-corrected chi connectivity index (χ0v) is 21.0. The molecule has 2 heterocycles. The van der Waals surface area contributed by atoms with Crippen LogP contribution in [0.1, 0.15) is 12.5 Å². The van der Waals surface area contributed by atoms with Crippen molar-refractivity contribution in [1.29, 1.82) is 0 Å². The van der Waals surface area contributed by atoms with E-state index in [4.69, 9.17) is 16.3 Å². The Bertz CT molecular complexity index is 1210. The first-order valence-electron chi connectivity index (χ1n) is 11.7. The molecular formula is C26H29ClN6O3. The normalized spacial score (nSPS) is 13.2. The Morgan fingerprint density at radius 2 is 1.72 bits per heavy atom. The molecule has 1 aliphatic rings. The first-order chi connectivity index (χ1) is 17.4. The molecule has 4 amide bonds. The molecule has 36 heavy (non-hydrogen) atoms. The SMILES string of the molecule is CCOc1ccc(Cl)cc1NC(=O)Nc1ccc(N2CCN(C(=O)Nc3ccncc3C)CC2)cc1. The Labute approximate surface area is 215 Å². The number of aryl methyl sites for hydroxylation is 1. The first kappa shape index (κ1) is 25.1. The van der Waals surface area contributed by atoms with Crippen molar-refractivity contribution in [2.45, 2.75) is 13.8 Å². The monoisotopic (exact) mass is 508 g/mol. The molecule has 188 valence electrons. The van der Waals surface area contributed by atoms with Crippen LogP contribution in [-0.2, 0) is 0 Å². The lowest BCUT2D eigenvalue weighted by molar-refractivity contribution is 0.208. The van der Waals surface area contributed by atoms with E-state index >= 15 is 0 Å². The Morgan fingerprint density at radius 1 is 0.972 bits per heavy atom. The fraction of sp³-hybridized carbons (Fsp3) is 0.269. The second-order valence-corrected chi connectivity index (χ2v) is 8.73. The van der Waals surface area contributed by atoms with Crippen LogP contribution in [0, 0.1) is 6.92 Å². The number of halogens is 1. The molecule has 0 unspecified atom stereocenters. The molecule has 10 heteroatoms. The van der Waals surface area contributed by atoms with E-state index in [1.165, 1.54) is 0 Å². The van der Waals surface area contributed by atoms with Crippen molar-refractivity contribution in [2.24, 2.45) is 0 Å². The number of pyridine rings is 1. The van der Waals surface area contributed by atoms with Gasteiger partial charge in [0.1, 0.15) is 5.75 Å². The molecule has 0 radical (unpaired) electrons. The molecule has 3 N–H and O–H groups in total. The van der Waals surface area contributed by atoms with E-state index in [0.29, 0.717) is 54.9 Å². The van der Waals surface area contributed by atoms with Crippen molar-refractivity contribution in [3.8, 4) is 5.75 Å². The predicted octanol–water partition coefficient (Wildman–Crippen LogP) is 5.44. The number of nitrogens with zero attached hydrogens (tertiary/aromatic N) is 3. The maximum atomic E-state index is 12.6. The molecule has 9 nitrogen and oxygen atoms in total. The highest BCUT2D eigenvalue weighted by molar-refractivity contribution is 6.31. The summed E-state index contributed by atoms with van der Waals surface area (Å²) in [6.45, 7) is 6.91. The zero-order valence-electron chi connectivity index (χ0n) is 20.3. The lowest BCUT2D eigenvalue weighted by Crippen LogP contribution is -2.50. The number of benzene rings is 2. The highest BCUT2D eigenvalue weighted by atomic mass is 35.5. The number of piperazine rings is 1. The van der Waals surface area contributed by atoms with Gasteiger partial charge in [0, 0.05) is 60.7 Å². The standard InChI is InChI=1S/C26H29ClN6O3/c1-3-36-24-9-4-19(27)16-23(24)30-25(34)29-20-5-7-21(8-6-20)32-12-14-33(15-13-32)26(35)31-22-10-11-28-17-18(22)2/h4-11,16-17H,3,12-15H2,1-2H3,(H,28,31,35)(H2,29,30,34). The summed E-state index contributed by atoms with van der Waals surface area (Å²) in [5.74, 6) is 0.552. The van der Waals surface area contributed by atoms with Gasteiger partial charge in [0.2, 0.25) is 0 Å². The molecule has 2 aromatic carbocycles. The van der Waals surface area contributed by atoms with Crippen LogP contribution in [0.5, 0.6) is 5.75 Å². The van der Waals surface area contributed by atoms with Gasteiger partial charge in [0.05, 0.1) is 12.3 Å². The van der Waals surface area contributed by atoms with E-state index in [-0.39, 0.29) is 6.03 Å². The van der Waals surface area contributed by atoms with Crippen LogP contribution < -0.4 is 25.6 Å². The highest BCUT2D eigenvalue weighted by Crippen LogP contribution is 2.28. The summed E-state index contributed by atoms with van der Waals surface area (Å²) >= 11 is 6.06. The summed E-state index contributed by atoms with van der Waals surface area (Å²) in [7, 11) is 0. The van der Waals surface area contributed by atoms with E-state index in [1.54, 1.807) is 36.7 Å². The Balaban J connectivity index is 1.29. The number of amides is 4. The zero-order chi connectivity index (χ0) is 25.5. The maximum Gasteiger partial charge on any atom is 0.323 e. The number of hydrogen-bond acceptors (Lipinski definition) is 5. The molecule has 0 saturated carbocycles. The number of carbonyl (C=O) groups excluding carboxylic acids is 2. The van der Waals surface area contributed by atoms with E-state index in [1.807, 2.05) is 43.0 Å². The van der Waals surface area contributed by atoms with Crippen LogP contribution in [0.15, 0.2) is 60.9 Å². The molecule has 1 aromatic heterocycles. The average Bonchev–Trinajstić information content (AvgIpc) is 2.87. The minimum absolute atomic E-state index is 0.110. The van der Waals surface area contributed by atoms with Gasteiger partial charge < -0.3 is 30.5 Å². The summed E-state index contributed by atoms with van der Waals surface area (Å²) in [6, 6.07) is 14.0. The average molecular weight is 509 g/mol. The Kier molecular flexibility index (Phi) is 8.12. The van der Waals surface area contributed by atoms with Gasteiger partial charge >= 0.3 is 12.1 Å². The minimum atomic E-state index is -0.393. The highest BCUT2D eigenvalue weighted by Gasteiger charge is 2.22. The van der Waals surface area contributed by atoms with Gasteiger partial charge in [-0.1, -0.05) is 11.6 Å².